The quantitative estimate of drug-likeness (QED) is 0.599. The number of carbonyl (C=O) groups is 1. The highest BCUT2D eigenvalue weighted by atomic mass is 16.5. The second-order valence-corrected chi connectivity index (χ2v) is 7.82. The van der Waals surface area contributed by atoms with Crippen molar-refractivity contribution in [3.8, 4) is 22.8 Å². The van der Waals surface area contributed by atoms with Crippen molar-refractivity contribution in [1.29, 1.82) is 0 Å². The number of rotatable bonds is 7. The molecule has 0 aliphatic carbocycles. The zero-order valence-corrected chi connectivity index (χ0v) is 18.5. The standard InChI is InChI=1S/C25H28N4O3/c1-31-22-11-9-18(15-23(22)32-2)16-25(30)26-20-8-6-7-19(17-20)21-10-12-24(28-27-21)29-13-4-3-5-14-29/h6-12,15,17H,3-5,13-14,16H2,1-2H3,(H,26,30). The maximum absolute atomic E-state index is 12.6. The number of hydrogen-bond acceptors (Lipinski definition) is 6. The fourth-order valence-corrected chi connectivity index (χ4v) is 3.91. The van der Waals surface area contributed by atoms with Crippen LogP contribution in [0.4, 0.5) is 11.5 Å². The largest absolute Gasteiger partial charge is 0.493 e. The summed E-state index contributed by atoms with van der Waals surface area (Å²) in [7, 11) is 3.16. The normalized spacial score (nSPS) is 13.5. The van der Waals surface area contributed by atoms with Crippen molar-refractivity contribution in [2.24, 2.45) is 0 Å². The lowest BCUT2D eigenvalue weighted by Gasteiger charge is -2.27. The molecule has 1 fully saturated rings. The van der Waals surface area contributed by atoms with Crippen molar-refractivity contribution in [3.05, 3.63) is 60.2 Å². The molecular formula is C25H28N4O3. The van der Waals surface area contributed by atoms with Crippen LogP contribution in [-0.4, -0.2) is 43.4 Å². The maximum atomic E-state index is 12.6. The van der Waals surface area contributed by atoms with Gasteiger partial charge >= 0.3 is 0 Å². The van der Waals surface area contributed by atoms with Crippen molar-refractivity contribution in [2.45, 2.75) is 25.7 Å². The molecule has 2 heterocycles. The molecule has 0 saturated carbocycles. The summed E-state index contributed by atoms with van der Waals surface area (Å²) in [4.78, 5) is 14.9. The highest BCUT2D eigenvalue weighted by Crippen LogP contribution is 2.28. The van der Waals surface area contributed by atoms with Crippen LogP contribution in [0.1, 0.15) is 24.8 Å². The molecule has 32 heavy (non-hydrogen) atoms. The van der Waals surface area contributed by atoms with E-state index < -0.39 is 0 Å². The smallest absolute Gasteiger partial charge is 0.228 e. The molecular weight excluding hydrogens is 404 g/mol. The van der Waals surface area contributed by atoms with Gasteiger partial charge in [0, 0.05) is 24.3 Å². The number of hydrogen-bond donors (Lipinski definition) is 1. The minimum atomic E-state index is -0.110. The van der Waals surface area contributed by atoms with Gasteiger partial charge in [0.15, 0.2) is 17.3 Å². The summed E-state index contributed by atoms with van der Waals surface area (Å²) in [5, 5.41) is 11.8. The summed E-state index contributed by atoms with van der Waals surface area (Å²) >= 11 is 0. The fraction of sp³-hybridized carbons (Fsp3) is 0.320. The van der Waals surface area contributed by atoms with Crippen LogP contribution >= 0.6 is 0 Å². The Balaban J connectivity index is 1.42. The fourth-order valence-electron chi connectivity index (χ4n) is 3.91. The summed E-state index contributed by atoms with van der Waals surface area (Å²) in [6.07, 6.45) is 3.92. The van der Waals surface area contributed by atoms with Gasteiger partial charge in [0.25, 0.3) is 0 Å². The predicted molar refractivity (Wildman–Crippen MR) is 125 cm³/mol. The molecule has 0 unspecified atom stereocenters. The molecule has 2 aromatic carbocycles. The maximum Gasteiger partial charge on any atom is 0.228 e. The minimum Gasteiger partial charge on any atom is -0.493 e. The van der Waals surface area contributed by atoms with Crippen LogP contribution < -0.4 is 19.7 Å². The van der Waals surface area contributed by atoms with Gasteiger partial charge in [-0.15, -0.1) is 10.2 Å². The molecule has 7 heteroatoms. The SMILES string of the molecule is COc1ccc(CC(=O)Nc2cccc(-c3ccc(N4CCCCC4)nn3)c2)cc1OC. The molecule has 1 N–H and O–H groups in total. The van der Waals surface area contributed by atoms with Crippen LogP contribution in [0.5, 0.6) is 11.5 Å². The lowest BCUT2D eigenvalue weighted by atomic mass is 10.1. The first-order valence-electron chi connectivity index (χ1n) is 10.9. The number of anilines is 2. The first kappa shape index (κ1) is 21.6. The molecule has 7 nitrogen and oxygen atoms in total. The molecule has 166 valence electrons. The molecule has 1 saturated heterocycles. The molecule has 0 atom stereocenters. The van der Waals surface area contributed by atoms with E-state index in [1.165, 1.54) is 19.3 Å². The third-order valence-electron chi connectivity index (χ3n) is 5.59. The Morgan fingerprint density at radius 3 is 2.47 bits per heavy atom. The number of amides is 1. The number of nitrogens with one attached hydrogen (secondary N) is 1. The van der Waals surface area contributed by atoms with Gasteiger partial charge in [0.1, 0.15) is 0 Å². The van der Waals surface area contributed by atoms with Gasteiger partial charge in [0.2, 0.25) is 5.91 Å². The van der Waals surface area contributed by atoms with Crippen LogP contribution in [0.2, 0.25) is 0 Å². The number of carbonyl (C=O) groups excluding carboxylic acids is 1. The van der Waals surface area contributed by atoms with E-state index in [9.17, 15) is 4.79 Å². The van der Waals surface area contributed by atoms with Gasteiger partial charge in [-0.3, -0.25) is 4.79 Å². The molecule has 0 spiro atoms. The van der Waals surface area contributed by atoms with Crippen molar-refractivity contribution in [3.63, 3.8) is 0 Å². The van der Waals surface area contributed by atoms with Crippen molar-refractivity contribution in [1.82, 2.24) is 10.2 Å². The first-order valence-corrected chi connectivity index (χ1v) is 10.9. The Morgan fingerprint density at radius 2 is 1.75 bits per heavy atom. The number of methoxy groups -OCH3 is 2. The molecule has 1 aliphatic rings. The average Bonchev–Trinajstić information content (AvgIpc) is 2.84. The van der Waals surface area contributed by atoms with E-state index in [1.807, 2.05) is 48.5 Å². The van der Waals surface area contributed by atoms with Crippen LogP contribution in [0.15, 0.2) is 54.6 Å². The Labute approximate surface area is 188 Å². The third-order valence-corrected chi connectivity index (χ3v) is 5.59. The summed E-state index contributed by atoms with van der Waals surface area (Å²) < 4.78 is 10.6. The van der Waals surface area contributed by atoms with E-state index in [1.54, 1.807) is 20.3 Å². The monoisotopic (exact) mass is 432 g/mol. The second kappa shape index (κ2) is 10.1. The van der Waals surface area contributed by atoms with Crippen LogP contribution in [-0.2, 0) is 11.2 Å². The van der Waals surface area contributed by atoms with Crippen molar-refractivity contribution < 1.29 is 14.3 Å². The van der Waals surface area contributed by atoms with E-state index in [2.05, 4.69) is 20.4 Å². The van der Waals surface area contributed by atoms with Gasteiger partial charge in [-0.2, -0.15) is 0 Å². The number of benzene rings is 2. The van der Waals surface area contributed by atoms with Crippen LogP contribution in [0, 0.1) is 0 Å². The minimum absolute atomic E-state index is 0.110. The van der Waals surface area contributed by atoms with E-state index in [0.717, 1.165) is 41.4 Å². The summed E-state index contributed by atoms with van der Waals surface area (Å²) in [6.45, 7) is 2.07. The lowest BCUT2D eigenvalue weighted by Crippen LogP contribution is -2.30. The van der Waals surface area contributed by atoms with E-state index in [0.29, 0.717) is 11.5 Å². The summed E-state index contributed by atoms with van der Waals surface area (Å²) in [5.74, 6) is 2.05. The predicted octanol–water partition coefficient (Wildman–Crippen LogP) is 4.33. The topological polar surface area (TPSA) is 76.6 Å². The highest BCUT2D eigenvalue weighted by Gasteiger charge is 2.13. The molecule has 3 aromatic rings. The third kappa shape index (κ3) is 5.17. The Bertz CT molecular complexity index is 1060. The van der Waals surface area contributed by atoms with Gasteiger partial charge in [-0.1, -0.05) is 18.2 Å². The Morgan fingerprint density at radius 1 is 0.938 bits per heavy atom. The number of ether oxygens (including phenoxy) is 2. The van der Waals surface area contributed by atoms with Crippen LogP contribution in [0.3, 0.4) is 0 Å². The van der Waals surface area contributed by atoms with Gasteiger partial charge < -0.3 is 19.7 Å². The van der Waals surface area contributed by atoms with E-state index in [4.69, 9.17) is 9.47 Å². The second-order valence-electron chi connectivity index (χ2n) is 7.82. The van der Waals surface area contributed by atoms with Crippen molar-refractivity contribution >= 4 is 17.4 Å². The Hall–Kier alpha value is -3.61. The number of aromatic nitrogens is 2. The van der Waals surface area contributed by atoms with Gasteiger partial charge in [-0.25, -0.2) is 0 Å². The van der Waals surface area contributed by atoms with E-state index >= 15 is 0 Å². The summed E-state index contributed by atoms with van der Waals surface area (Å²) in [5.41, 5.74) is 3.25. The molecule has 0 bridgehead atoms. The molecule has 0 radical (unpaired) electrons. The Kier molecular flexibility index (Phi) is 6.84. The lowest BCUT2D eigenvalue weighted by molar-refractivity contribution is -0.115. The first-order chi connectivity index (χ1) is 15.7. The molecule has 1 aliphatic heterocycles. The number of nitrogens with zero attached hydrogens (tertiary/aromatic N) is 3. The zero-order chi connectivity index (χ0) is 22.3. The molecule has 1 aromatic heterocycles. The highest BCUT2D eigenvalue weighted by molar-refractivity contribution is 5.93. The van der Waals surface area contributed by atoms with Crippen molar-refractivity contribution in [2.75, 3.05) is 37.5 Å². The van der Waals surface area contributed by atoms with Crippen LogP contribution in [0.25, 0.3) is 11.3 Å². The zero-order valence-electron chi connectivity index (χ0n) is 18.5. The van der Waals surface area contributed by atoms with Gasteiger partial charge in [0.05, 0.1) is 26.3 Å². The summed E-state index contributed by atoms with van der Waals surface area (Å²) in [6, 6.07) is 17.1. The number of piperidine rings is 1. The molecule has 4 rings (SSSR count). The molecule has 1 amide bonds. The van der Waals surface area contributed by atoms with E-state index in [-0.39, 0.29) is 12.3 Å². The van der Waals surface area contributed by atoms with Gasteiger partial charge in [-0.05, 0) is 61.2 Å². The average molecular weight is 433 g/mol.